The van der Waals surface area contributed by atoms with Crippen LogP contribution in [0.15, 0.2) is 85.3 Å². The van der Waals surface area contributed by atoms with E-state index in [1.54, 1.807) is 17.2 Å². The highest BCUT2D eigenvalue weighted by atomic mass is 16.2. The van der Waals surface area contributed by atoms with Crippen LogP contribution in [0, 0.1) is 0 Å². The number of carbonyl (C=O) groups is 2. The zero-order valence-electron chi connectivity index (χ0n) is 23.0. The Balaban J connectivity index is 1.23. The fourth-order valence-corrected chi connectivity index (χ4v) is 4.56. The number of imidazole rings is 1. The molecule has 0 unspecified atom stereocenters. The van der Waals surface area contributed by atoms with Crippen LogP contribution in [0.2, 0.25) is 0 Å². The topological polar surface area (TPSA) is 97.1 Å². The molecule has 9 heteroatoms. The molecule has 2 N–H and O–H groups in total. The number of amides is 2. The van der Waals surface area contributed by atoms with Gasteiger partial charge in [0.15, 0.2) is 0 Å². The van der Waals surface area contributed by atoms with Crippen LogP contribution in [0.5, 0.6) is 0 Å². The van der Waals surface area contributed by atoms with Crippen molar-refractivity contribution in [3.63, 3.8) is 0 Å². The van der Waals surface area contributed by atoms with Crippen LogP contribution < -0.4 is 10.6 Å². The molecule has 40 heavy (non-hydrogen) atoms. The molecule has 0 saturated carbocycles. The maximum absolute atomic E-state index is 13.0. The van der Waals surface area contributed by atoms with Gasteiger partial charge in [0, 0.05) is 44.4 Å². The summed E-state index contributed by atoms with van der Waals surface area (Å²) in [5, 5.41) is 10.3. The highest BCUT2D eigenvalue weighted by Crippen LogP contribution is 2.20. The van der Waals surface area contributed by atoms with Crippen molar-refractivity contribution in [3.8, 4) is 5.69 Å². The number of carbonyl (C=O) groups excluding carboxylic acids is 2. The minimum absolute atomic E-state index is 0.108. The number of fused-ring (bicyclic) bond motifs is 1. The molecular weight excluding hydrogens is 502 g/mol. The largest absolute Gasteiger partial charge is 0.351 e. The molecule has 3 aromatic carbocycles. The lowest BCUT2D eigenvalue weighted by Gasteiger charge is -2.11. The van der Waals surface area contributed by atoms with Crippen molar-refractivity contribution in [2.24, 2.45) is 7.05 Å². The van der Waals surface area contributed by atoms with Gasteiger partial charge in [-0.25, -0.2) is 4.98 Å². The summed E-state index contributed by atoms with van der Waals surface area (Å²) in [5.74, 6) is -0.256. The normalized spacial score (nSPS) is 11.2. The average molecular weight is 536 g/mol. The van der Waals surface area contributed by atoms with Gasteiger partial charge in [-0.15, -0.1) is 0 Å². The first-order chi connectivity index (χ1) is 19.4. The number of rotatable bonds is 10. The lowest BCUT2D eigenvalue weighted by Crippen LogP contribution is -2.31. The summed E-state index contributed by atoms with van der Waals surface area (Å²) >= 11 is 0. The summed E-state index contributed by atoms with van der Waals surface area (Å²) in [7, 11) is 5.80. The maximum atomic E-state index is 13.0. The monoisotopic (exact) mass is 535 g/mol. The van der Waals surface area contributed by atoms with Crippen molar-refractivity contribution >= 4 is 22.8 Å². The van der Waals surface area contributed by atoms with E-state index in [-0.39, 0.29) is 11.8 Å². The van der Waals surface area contributed by atoms with Crippen LogP contribution in [-0.4, -0.2) is 63.2 Å². The second kappa shape index (κ2) is 12.0. The summed E-state index contributed by atoms with van der Waals surface area (Å²) in [4.78, 5) is 32.0. The van der Waals surface area contributed by atoms with Crippen LogP contribution in [0.4, 0.5) is 0 Å². The van der Waals surface area contributed by atoms with Gasteiger partial charge in [-0.3, -0.25) is 18.8 Å². The van der Waals surface area contributed by atoms with E-state index in [9.17, 15) is 9.59 Å². The first-order valence-corrected chi connectivity index (χ1v) is 13.2. The highest BCUT2D eigenvalue weighted by molar-refractivity contribution is 5.97. The number of aryl methyl sites for hydroxylation is 1. The van der Waals surface area contributed by atoms with E-state index in [1.165, 1.54) is 0 Å². The Morgan fingerprint density at radius 3 is 2.42 bits per heavy atom. The molecule has 5 rings (SSSR count). The quantitative estimate of drug-likeness (QED) is 0.285. The number of nitrogens with zero attached hydrogens (tertiary/aromatic N) is 5. The zero-order chi connectivity index (χ0) is 28.1. The van der Waals surface area contributed by atoms with Crippen molar-refractivity contribution in [2.75, 3.05) is 27.2 Å². The van der Waals surface area contributed by atoms with Gasteiger partial charge < -0.3 is 15.5 Å². The Morgan fingerprint density at radius 1 is 0.900 bits per heavy atom. The van der Waals surface area contributed by atoms with Gasteiger partial charge in [-0.1, -0.05) is 42.5 Å². The zero-order valence-corrected chi connectivity index (χ0v) is 23.0. The fourth-order valence-electron chi connectivity index (χ4n) is 4.56. The lowest BCUT2D eigenvalue weighted by molar-refractivity contribution is 0.0942. The summed E-state index contributed by atoms with van der Waals surface area (Å²) in [6.45, 7) is 1.76. The molecule has 0 aliphatic rings. The molecule has 2 amide bonds. The third-order valence-corrected chi connectivity index (χ3v) is 6.84. The fraction of sp³-hybridized carbons (Fsp3) is 0.226. The number of likely N-dealkylation sites (N-methyl/N-ethyl adjacent to an activating group) is 1. The van der Waals surface area contributed by atoms with Crippen LogP contribution in [0.3, 0.4) is 0 Å². The first kappa shape index (κ1) is 26.8. The molecule has 204 valence electrons. The number of hydrogen-bond acceptors (Lipinski definition) is 5. The molecular formula is C31H33N7O2. The second-order valence-electron chi connectivity index (χ2n) is 10.0. The molecule has 0 saturated heterocycles. The predicted octanol–water partition coefficient (Wildman–Crippen LogP) is 3.57. The van der Waals surface area contributed by atoms with E-state index < -0.39 is 0 Å². The van der Waals surface area contributed by atoms with Gasteiger partial charge >= 0.3 is 0 Å². The van der Waals surface area contributed by atoms with Crippen molar-refractivity contribution in [1.82, 2.24) is 34.9 Å². The van der Waals surface area contributed by atoms with Gasteiger partial charge in [-0.2, -0.15) is 5.10 Å². The predicted molar refractivity (Wildman–Crippen MR) is 156 cm³/mol. The minimum atomic E-state index is -0.148. The maximum Gasteiger partial charge on any atom is 0.255 e. The van der Waals surface area contributed by atoms with Crippen molar-refractivity contribution in [1.29, 1.82) is 0 Å². The van der Waals surface area contributed by atoms with Crippen molar-refractivity contribution in [3.05, 3.63) is 113 Å². The minimum Gasteiger partial charge on any atom is -0.351 e. The van der Waals surface area contributed by atoms with E-state index in [0.717, 1.165) is 40.1 Å². The van der Waals surface area contributed by atoms with Crippen LogP contribution >= 0.6 is 0 Å². The van der Waals surface area contributed by atoms with Crippen molar-refractivity contribution < 1.29 is 9.59 Å². The van der Waals surface area contributed by atoms with Crippen LogP contribution in [-0.2, 0) is 20.0 Å². The molecule has 5 aromatic rings. The molecule has 2 heterocycles. The molecule has 0 atom stereocenters. The standard InChI is InChI=1S/C31H33N7O2/c1-36(2)16-15-32-30(39)24-11-14-28-27(18-24)34-21-38(28)25-12-9-23(10-13-25)19-33-31(40)26-20-35-37(3)29(26)17-22-7-5-4-6-8-22/h4-14,18,20-21H,15-17,19H2,1-3H3,(H,32,39)(H,33,40). The Bertz CT molecular complexity index is 1620. The van der Waals surface area contributed by atoms with Crippen molar-refractivity contribution in [2.45, 2.75) is 13.0 Å². The number of hydrogen-bond donors (Lipinski definition) is 2. The molecule has 0 radical (unpaired) electrons. The molecule has 9 nitrogen and oxygen atoms in total. The molecule has 0 fully saturated rings. The Labute approximate surface area is 233 Å². The summed E-state index contributed by atoms with van der Waals surface area (Å²) in [6, 6.07) is 23.6. The van der Waals surface area contributed by atoms with Gasteiger partial charge in [0.25, 0.3) is 11.8 Å². The first-order valence-electron chi connectivity index (χ1n) is 13.2. The van der Waals surface area contributed by atoms with E-state index in [1.807, 2.05) is 103 Å². The van der Waals surface area contributed by atoms with Crippen LogP contribution in [0.1, 0.15) is 37.5 Å². The highest BCUT2D eigenvalue weighted by Gasteiger charge is 2.16. The smallest absolute Gasteiger partial charge is 0.255 e. The van der Waals surface area contributed by atoms with E-state index in [2.05, 4.69) is 20.7 Å². The van der Waals surface area contributed by atoms with Gasteiger partial charge in [-0.05, 0) is 55.6 Å². The number of aromatic nitrogens is 4. The SMILES string of the molecule is CN(C)CCNC(=O)c1ccc2c(c1)ncn2-c1ccc(CNC(=O)c2cnn(C)c2Cc2ccccc2)cc1. The van der Waals surface area contributed by atoms with E-state index >= 15 is 0 Å². The summed E-state index contributed by atoms with van der Waals surface area (Å²) in [5.41, 5.74) is 6.75. The third kappa shape index (κ3) is 6.10. The molecule has 0 aliphatic heterocycles. The Hall–Kier alpha value is -4.76. The molecule has 2 aromatic heterocycles. The summed E-state index contributed by atoms with van der Waals surface area (Å²) < 4.78 is 3.74. The molecule has 0 bridgehead atoms. The molecule has 0 spiro atoms. The van der Waals surface area contributed by atoms with Gasteiger partial charge in [0.1, 0.15) is 6.33 Å². The lowest BCUT2D eigenvalue weighted by atomic mass is 10.1. The summed E-state index contributed by atoms with van der Waals surface area (Å²) in [6.07, 6.45) is 4.02. The number of nitrogens with one attached hydrogen (secondary N) is 2. The molecule has 0 aliphatic carbocycles. The van der Waals surface area contributed by atoms with Crippen LogP contribution in [0.25, 0.3) is 16.7 Å². The van der Waals surface area contributed by atoms with Gasteiger partial charge in [0.2, 0.25) is 0 Å². The Morgan fingerprint density at radius 2 is 1.68 bits per heavy atom. The van der Waals surface area contributed by atoms with E-state index in [4.69, 9.17) is 0 Å². The Kier molecular flexibility index (Phi) is 8.02. The van der Waals surface area contributed by atoms with E-state index in [0.29, 0.717) is 30.6 Å². The van der Waals surface area contributed by atoms with Gasteiger partial charge in [0.05, 0.1) is 28.5 Å². The third-order valence-electron chi connectivity index (χ3n) is 6.84. The second-order valence-corrected chi connectivity index (χ2v) is 10.0. The average Bonchev–Trinajstić information content (AvgIpc) is 3.55. The number of benzene rings is 3.